The Balaban J connectivity index is 2.47. The highest BCUT2D eigenvalue weighted by Gasteiger charge is 2.36. The number of hydrogen-bond acceptors (Lipinski definition) is 3. The van der Waals surface area contributed by atoms with Crippen molar-refractivity contribution in [3.63, 3.8) is 0 Å². The van der Waals surface area contributed by atoms with Crippen LogP contribution in [0.3, 0.4) is 0 Å². The van der Waals surface area contributed by atoms with Crippen LogP contribution >= 0.6 is 0 Å². The molecule has 0 saturated heterocycles. The van der Waals surface area contributed by atoms with Crippen LogP contribution in [0.25, 0.3) is 0 Å². The molecule has 0 N–H and O–H groups in total. The fourth-order valence-corrected chi connectivity index (χ4v) is 2.16. The van der Waals surface area contributed by atoms with E-state index in [4.69, 9.17) is 9.16 Å². The predicted molar refractivity (Wildman–Crippen MR) is 92.1 cm³/mol. The van der Waals surface area contributed by atoms with Crippen molar-refractivity contribution in [2.45, 2.75) is 38.9 Å². The number of aliphatic imine (C=N–C) groups is 1. The van der Waals surface area contributed by atoms with Crippen LogP contribution in [0.4, 0.5) is 5.69 Å². The van der Waals surface area contributed by atoms with E-state index in [9.17, 15) is 0 Å². The largest absolute Gasteiger partial charge is 0.497 e. The van der Waals surface area contributed by atoms with Gasteiger partial charge in [-0.25, -0.2) is 4.99 Å². The number of nitrogens with zero attached hydrogens (tertiary/aromatic N) is 1. The van der Waals surface area contributed by atoms with E-state index >= 15 is 0 Å². The van der Waals surface area contributed by atoms with Crippen molar-refractivity contribution >= 4 is 20.2 Å². The van der Waals surface area contributed by atoms with Crippen LogP contribution in [0.5, 0.6) is 5.75 Å². The maximum atomic E-state index is 5.96. The van der Waals surface area contributed by atoms with Crippen molar-refractivity contribution in [2.75, 3.05) is 13.7 Å². The highest BCUT2D eigenvalue weighted by atomic mass is 28.4. The summed E-state index contributed by atoms with van der Waals surface area (Å²) in [4.78, 5) is 4.27. The molecule has 0 amide bonds. The summed E-state index contributed by atoms with van der Waals surface area (Å²) < 4.78 is 11.1. The monoisotopic (exact) mass is 303 g/mol. The molecule has 0 unspecified atom stereocenters. The third-order valence-corrected chi connectivity index (χ3v) is 8.24. The van der Waals surface area contributed by atoms with E-state index in [2.05, 4.69) is 50.7 Å². The minimum Gasteiger partial charge on any atom is -0.497 e. The van der Waals surface area contributed by atoms with Gasteiger partial charge in [-0.15, -0.1) is 0 Å². The number of rotatable bonds is 4. The quantitative estimate of drug-likeness (QED) is 0.468. The average Bonchev–Trinajstić information content (AvgIpc) is 2.42. The second-order valence-corrected chi connectivity index (χ2v) is 11.1. The van der Waals surface area contributed by atoms with E-state index < -0.39 is 8.32 Å². The molecule has 1 rings (SSSR count). The van der Waals surface area contributed by atoms with Gasteiger partial charge in [0.2, 0.25) is 0 Å². The van der Waals surface area contributed by atoms with Crippen molar-refractivity contribution in [3.8, 4) is 17.6 Å². The van der Waals surface area contributed by atoms with Crippen LogP contribution in [0.15, 0.2) is 29.3 Å². The van der Waals surface area contributed by atoms with E-state index in [0.717, 1.165) is 11.4 Å². The van der Waals surface area contributed by atoms with Crippen molar-refractivity contribution in [2.24, 2.45) is 4.99 Å². The Bertz CT molecular complexity index is 531. The molecule has 0 aromatic heterocycles. The molecule has 0 heterocycles. The second kappa shape index (κ2) is 7.44. The zero-order valence-electron chi connectivity index (χ0n) is 13.9. The van der Waals surface area contributed by atoms with Gasteiger partial charge >= 0.3 is 0 Å². The lowest BCUT2D eigenvalue weighted by Crippen LogP contribution is -2.40. The van der Waals surface area contributed by atoms with Gasteiger partial charge < -0.3 is 9.16 Å². The first-order valence-electron chi connectivity index (χ1n) is 7.05. The summed E-state index contributed by atoms with van der Waals surface area (Å²) in [6.07, 6.45) is 1.61. The smallest absolute Gasteiger partial charge is 0.193 e. The van der Waals surface area contributed by atoms with Gasteiger partial charge in [-0.05, 0) is 42.4 Å². The molecule has 21 heavy (non-hydrogen) atoms. The van der Waals surface area contributed by atoms with E-state index in [1.54, 1.807) is 13.3 Å². The van der Waals surface area contributed by atoms with Crippen molar-refractivity contribution < 1.29 is 9.16 Å². The maximum Gasteiger partial charge on any atom is 0.193 e. The molecule has 0 radical (unpaired) electrons. The SMILES string of the molecule is COc1ccc(N=CC#CCO[Si](C)(C)C(C)(C)C)cc1. The third kappa shape index (κ3) is 5.74. The minimum absolute atomic E-state index is 0.214. The van der Waals surface area contributed by atoms with Crippen LogP contribution < -0.4 is 4.74 Å². The normalized spacial score (nSPS) is 12.1. The molecule has 0 aliphatic heterocycles. The maximum absolute atomic E-state index is 5.96. The molecule has 0 spiro atoms. The third-order valence-electron chi connectivity index (χ3n) is 3.76. The van der Waals surface area contributed by atoms with E-state index in [1.165, 1.54) is 0 Å². The molecule has 0 fully saturated rings. The molecule has 0 atom stereocenters. The molecule has 0 aliphatic carbocycles. The lowest BCUT2D eigenvalue weighted by Gasteiger charge is -2.35. The fraction of sp³-hybridized carbons (Fsp3) is 0.471. The van der Waals surface area contributed by atoms with Crippen molar-refractivity contribution in [1.29, 1.82) is 0 Å². The van der Waals surface area contributed by atoms with Crippen LogP contribution in [-0.4, -0.2) is 28.2 Å². The Hall–Kier alpha value is -1.57. The molecule has 0 bridgehead atoms. The van der Waals surface area contributed by atoms with Crippen molar-refractivity contribution in [3.05, 3.63) is 24.3 Å². The highest BCUT2D eigenvalue weighted by Crippen LogP contribution is 2.36. The van der Waals surface area contributed by atoms with Gasteiger partial charge in [-0.1, -0.05) is 32.6 Å². The van der Waals surface area contributed by atoms with Crippen molar-refractivity contribution in [1.82, 2.24) is 0 Å². The first-order valence-corrected chi connectivity index (χ1v) is 9.96. The van der Waals surface area contributed by atoms with E-state index in [1.807, 2.05) is 24.3 Å². The standard InChI is InChI=1S/C17H25NO2Si/c1-17(2,3)21(5,6)20-14-8-7-13-18-15-9-11-16(19-4)12-10-15/h9-13H,14H2,1-6H3. The van der Waals surface area contributed by atoms with E-state index in [-0.39, 0.29) is 5.04 Å². The average molecular weight is 303 g/mol. The summed E-state index contributed by atoms with van der Waals surface area (Å²) in [5.41, 5.74) is 0.857. The molecule has 0 saturated carbocycles. The molecular weight excluding hydrogens is 278 g/mol. The molecule has 1 aromatic rings. The summed E-state index contributed by atoms with van der Waals surface area (Å²) in [5.74, 6) is 6.73. The molecule has 3 nitrogen and oxygen atoms in total. The van der Waals surface area contributed by atoms with Gasteiger partial charge in [0, 0.05) is 0 Å². The minimum atomic E-state index is -1.70. The van der Waals surface area contributed by atoms with Gasteiger partial charge in [0.15, 0.2) is 8.32 Å². The van der Waals surface area contributed by atoms with Crippen LogP contribution in [0.1, 0.15) is 20.8 Å². The zero-order valence-corrected chi connectivity index (χ0v) is 14.9. The van der Waals surface area contributed by atoms with Crippen LogP contribution in [0, 0.1) is 11.8 Å². The number of benzene rings is 1. The van der Waals surface area contributed by atoms with Gasteiger partial charge in [-0.3, -0.25) is 0 Å². The second-order valence-electron chi connectivity index (χ2n) is 6.33. The van der Waals surface area contributed by atoms with Crippen LogP contribution in [-0.2, 0) is 4.43 Å². The van der Waals surface area contributed by atoms with Crippen LogP contribution in [0.2, 0.25) is 18.1 Å². The predicted octanol–water partition coefficient (Wildman–Crippen LogP) is 4.42. The number of ether oxygens (including phenoxy) is 1. The summed E-state index contributed by atoms with van der Waals surface area (Å²) in [6.45, 7) is 11.6. The lowest BCUT2D eigenvalue weighted by atomic mass is 10.2. The Kier molecular flexibility index (Phi) is 6.19. The fourth-order valence-electron chi connectivity index (χ4n) is 1.30. The lowest BCUT2D eigenvalue weighted by molar-refractivity contribution is 0.334. The Morgan fingerprint density at radius 1 is 1.19 bits per heavy atom. The van der Waals surface area contributed by atoms with Gasteiger partial charge in [0.05, 0.1) is 25.6 Å². The Morgan fingerprint density at radius 3 is 2.33 bits per heavy atom. The van der Waals surface area contributed by atoms with Gasteiger partial charge in [0.25, 0.3) is 0 Å². The van der Waals surface area contributed by atoms with E-state index in [0.29, 0.717) is 6.61 Å². The first-order chi connectivity index (χ1) is 9.76. The Labute approximate surface area is 129 Å². The molecule has 114 valence electrons. The Morgan fingerprint density at radius 2 is 1.81 bits per heavy atom. The summed E-state index contributed by atoms with van der Waals surface area (Å²) in [7, 11) is -0.0555. The summed E-state index contributed by atoms with van der Waals surface area (Å²) in [5, 5.41) is 0.214. The molecule has 0 aliphatic rings. The number of hydrogen-bond donors (Lipinski definition) is 0. The highest BCUT2D eigenvalue weighted by molar-refractivity contribution is 6.74. The summed E-state index contributed by atoms with van der Waals surface area (Å²) >= 11 is 0. The zero-order chi connectivity index (χ0) is 15.9. The number of methoxy groups -OCH3 is 1. The summed E-state index contributed by atoms with van der Waals surface area (Å²) in [6, 6.07) is 7.54. The molecular formula is C17H25NO2Si. The molecule has 1 aromatic carbocycles. The topological polar surface area (TPSA) is 30.8 Å². The molecule has 4 heteroatoms. The van der Waals surface area contributed by atoms with Gasteiger partial charge in [0.1, 0.15) is 5.75 Å². The van der Waals surface area contributed by atoms with Gasteiger partial charge in [-0.2, -0.15) is 0 Å². The first kappa shape index (κ1) is 17.5.